The lowest BCUT2D eigenvalue weighted by molar-refractivity contribution is -0.352. The number of carboxylic acids is 1. The molecule has 0 spiro atoms. The number of aliphatic hydroxyl groups excluding tert-OH is 7. The number of hydrogen-bond donors (Lipinski definition) is 9. The summed E-state index contributed by atoms with van der Waals surface area (Å²) in [6, 6.07) is 3.73. The van der Waals surface area contributed by atoms with Crippen LogP contribution in [0.2, 0.25) is 0 Å². The van der Waals surface area contributed by atoms with Gasteiger partial charge < -0.3 is 64.9 Å². The van der Waals surface area contributed by atoms with Gasteiger partial charge in [-0.3, -0.25) is 4.79 Å². The summed E-state index contributed by atoms with van der Waals surface area (Å²) in [5, 5.41) is 92.2. The van der Waals surface area contributed by atoms with E-state index < -0.39 is 92.1 Å². The van der Waals surface area contributed by atoms with Crippen molar-refractivity contribution in [1.29, 1.82) is 0 Å². The zero-order chi connectivity index (χ0) is 30.3. The average molecular weight is 585 g/mol. The molecule has 0 radical (unpaired) electrons. The zero-order valence-electron chi connectivity index (χ0n) is 21.9. The Labute approximate surface area is 232 Å². The Morgan fingerprint density at radius 3 is 2.05 bits per heavy atom. The number of phenolic OH excluding ortho intramolecular Hbond substituents is 1. The van der Waals surface area contributed by atoms with Crippen LogP contribution < -0.4 is 4.74 Å². The van der Waals surface area contributed by atoms with Gasteiger partial charge in [0.25, 0.3) is 0 Å². The number of aliphatic hydroxyl groups is 7. The van der Waals surface area contributed by atoms with Crippen LogP contribution in [-0.4, -0.2) is 132 Å². The number of rotatable bonds is 8. The third kappa shape index (κ3) is 5.74. The first-order valence-corrected chi connectivity index (χ1v) is 12.6. The van der Waals surface area contributed by atoms with Crippen LogP contribution in [0.3, 0.4) is 0 Å². The Bertz CT molecular complexity index is 1300. The van der Waals surface area contributed by atoms with Crippen LogP contribution in [0.4, 0.5) is 0 Å². The van der Waals surface area contributed by atoms with Crippen molar-refractivity contribution in [3.8, 4) is 11.5 Å². The van der Waals surface area contributed by atoms with Crippen molar-refractivity contribution < 1.29 is 74.5 Å². The molecule has 15 nitrogen and oxygen atoms in total. The standard InChI is InChI=1S/C26H32O15/c1-8-3-10-4-11(24(36)37)5-12(16(10)19(32)15(8)9(2)29)38-26-22(35)23(18(31)14(7-28)40-26)41-25-21(34)20(33)17(30)13(6-27)39-25/h3-5,13-14,17-18,20-23,25-28,30-35H,6-7H2,1-2H3,(H,36,37). The molecule has 2 aromatic rings. The lowest BCUT2D eigenvalue weighted by Gasteiger charge is -2.45. The number of fused-ring (bicyclic) bond motifs is 1. The van der Waals surface area contributed by atoms with Gasteiger partial charge in [-0.2, -0.15) is 0 Å². The maximum atomic E-state index is 12.2. The Balaban J connectivity index is 1.72. The van der Waals surface area contributed by atoms with E-state index >= 15 is 0 Å². The van der Waals surface area contributed by atoms with Gasteiger partial charge in [-0.25, -0.2) is 4.79 Å². The van der Waals surface area contributed by atoms with E-state index in [2.05, 4.69) is 0 Å². The number of ketones is 1. The van der Waals surface area contributed by atoms with E-state index in [0.29, 0.717) is 5.56 Å². The molecule has 4 rings (SSSR count). The summed E-state index contributed by atoms with van der Waals surface area (Å²) in [5.41, 5.74) is 0.0319. The molecule has 0 aromatic heterocycles. The molecule has 41 heavy (non-hydrogen) atoms. The molecule has 226 valence electrons. The van der Waals surface area contributed by atoms with Crippen LogP contribution in [0.15, 0.2) is 18.2 Å². The molecule has 0 aliphatic carbocycles. The van der Waals surface area contributed by atoms with Crippen molar-refractivity contribution in [3.05, 3.63) is 34.9 Å². The van der Waals surface area contributed by atoms with Gasteiger partial charge in [-0.05, 0) is 36.9 Å². The van der Waals surface area contributed by atoms with Gasteiger partial charge in [0.05, 0.1) is 29.7 Å². The van der Waals surface area contributed by atoms with Gasteiger partial charge >= 0.3 is 5.97 Å². The van der Waals surface area contributed by atoms with Crippen LogP contribution in [0.1, 0.15) is 33.2 Å². The summed E-state index contributed by atoms with van der Waals surface area (Å²) < 4.78 is 22.1. The predicted octanol–water partition coefficient (Wildman–Crippen LogP) is -2.24. The lowest BCUT2D eigenvalue weighted by atomic mass is 9.95. The minimum absolute atomic E-state index is 0.0528. The van der Waals surface area contributed by atoms with E-state index in [9.17, 15) is 55.5 Å². The van der Waals surface area contributed by atoms with E-state index in [-0.39, 0.29) is 27.6 Å². The van der Waals surface area contributed by atoms with Crippen molar-refractivity contribution in [2.45, 2.75) is 75.3 Å². The summed E-state index contributed by atoms with van der Waals surface area (Å²) >= 11 is 0. The molecule has 0 bridgehead atoms. The summed E-state index contributed by atoms with van der Waals surface area (Å²) in [4.78, 5) is 24.0. The van der Waals surface area contributed by atoms with Crippen molar-refractivity contribution in [3.63, 3.8) is 0 Å². The van der Waals surface area contributed by atoms with E-state index in [0.717, 1.165) is 6.07 Å². The minimum Gasteiger partial charge on any atom is -0.506 e. The Hall–Kier alpha value is -2.96. The van der Waals surface area contributed by atoms with E-state index in [4.69, 9.17) is 18.9 Å². The molecule has 2 aromatic carbocycles. The normalized spacial score (nSPS) is 34.0. The number of hydrogen-bond acceptors (Lipinski definition) is 14. The largest absolute Gasteiger partial charge is 0.506 e. The fourth-order valence-corrected chi connectivity index (χ4v) is 5.05. The molecular formula is C26H32O15. The monoisotopic (exact) mass is 584 g/mol. The third-order valence-corrected chi connectivity index (χ3v) is 7.18. The summed E-state index contributed by atoms with van der Waals surface area (Å²) in [7, 11) is 0. The number of carboxylic acid groups (broad SMARTS) is 1. The highest BCUT2D eigenvalue weighted by Gasteiger charge is 2.51. The van der Waals surface area contributed by atoms with Gasteiger partial charge in [-0.15, -0.1) is 0 Å². The summed E-state index contributed by atoms with van der Waals surface area (Å²) in [6.07, 6.45) is -17.2. The predicted molar refractivity (Wildman–Crippen MR) is 134 cm³/mol. The molecule has 2 heterocycles. The number of benzene rings is 2. The summed E-state index contributed by atoms with van der Waals surface area (Å²) in [5.74, 6) is -2.69. The minimum atomic E-state index is -1.93. The number of carbonyl (C=O) groups excluding carboxylic acids is 1. The van der Waals surface area contributed by atoms with Crippen LogP contribution >= 0.6 is 0 Å². The molecule has 2 fully saturated rings. The van der Waals surface area contributed by atoms with Gasteiger partial charge in [-0.1, -0.05) is 6.07 Å². The molecule has 0 amide bonds. The number of aromatic carboxylic acids is 1. The highest BCUT2D eigenvalue weighted by molar-refractivity contribution is 6.08. The number of aryl methyl sites for hydroxylation is 1. The number of phenols is 1. The number of aromatic hydroxyl groups is 1. The van der Waals surface area contributed by atoms with Crippen LogP contribution in [0.25, 0.3) is 10.8 Å². The van der Waals surface area contributed by atoms with Crippen molar-refractivity contribution in [1.82, 2.24) is 0 Å². The molecule has 0 saturated carbocycles. The van der Waals surface area contributed by atoms with Crippen molar-refractivity contribution in [2.75, 3.05) is 13.2 Å². The molecule has 10 atom stereocenters. The number of carbonyl (C=O) groups is 2. The van der Waals surface area contributed by atoms with Gasteiger partial charge in [0.1, 0.15) is 60.3 Å². The Kier molecular flexibility index (Phi) is 9.15. The van der Waals surface area contributed by atoms with Crippen molar-refractivity contribution in [2.24, 2.45) is 0 Å². The average Bonchev–Trinajstić information content (AvgIpc) is 2.91. The molecule has 2 saturated heterocycles. The Morgan fingerprint density at radius 1 is 0.854 bits per heavy atom. The SMILES string of the molecule is CC(=O)c1c(C)cc2cc(C(=O)O)cc(OC3OC(CO)C(O)C(OC4OC(CO)C(O)C(O)C4O)C3O)c2c1O. The van der Waals surface area contributed by atoms with E-state index in [1.54, 1.807) is 6.92 Å². The molecular weight excluding hydrogens is 552 g/mol. The first-order chi connectivity index (χ1) is 19.3. The maximum Gasteiger partial charge on any atom is 0.335 e. The molecule has 2 aliphatic heterocycles. The second-order valence-electron chi connectivity index (χ2n) is 9.97. The smallest absolute Gasteiger partial charge is 0.335 e. The highest BCUT2D eigenvalue weighted by Crippen LogP contribution is 2.41. The van der Waals surface area contributed by atoms with Gasteiger partial charge in [0.2, 0.25) is 6.29 Å². The van der Waals surface area contributed by atoms with Crippen molar-refractivity contribution >= 4 is 22.5 Å². The number of Topliss-reactive ketones (excluding diaryl/α,β-unsaturated/α-hetero) is 1. The third-order valence-electron chi connectivity index (χ3n) is 7.18. The molecule has 15 heteroatoms. The zero-order valence-corrected chi connectivity index (χ0v) is 21.9. The molecule has 10 unspecified atom stereocenters. The Morgan fingerprint density at radius 2 is 1.46 bits per heavy atom. The van der Waals surface area contributed by atoms with Gasteiger partial charge in [0.15, 0.2) is 12.1 Å². The fourth-order valence-electron chi connectivity index (χ4n) is 5.05. The maximum absolute atomic E-state index is 12.2. The summed E-state index contributed by atoms with van der Waals surface area (Å²) in [6.45, 7) is 1.18. The molecule has 2 aliphatic rings. The second-order valence-corrected chi connectivity index (χ2v) is 9.97. The number of ether oxygens (including phenoxy) is 4. The van der Waals surface area contributed by atoms with Crippen LogP contribution in [-0.2, 0) is 14.2 Å². The quantitative estimate of drug-likeness (QED) is 0.149. The van der Waals surface area contributed by atoms with Crippen LogP contribution in [0, 0.1) is 6.92 Å². The van der Waals surface area contributed by atoms with E-state index in [1.807, 2.05) is 0 Å². The van der Waals surface area contributed by atoms with Crippen LogP contribution in [0.5, 0.6) is 11.5 Å². The molecule has 9 N–H and O–H groups in total. The first-order valence-electron chi connectivity index (χ1n) is 12.6. The topological polar surface area (TPSA) is 253 Å². The highest BCUT2D eigenvalue weighted by atomic mass is 16.7. The fraction of sp³-hybridized carbons (Fsp3) is 0.538. The van der Waals surface area contributed by atoms with Gasteiger partial charge in [0, 0.05) is 0 Å². The van der Waals surface area contributed by atoms with E-state index in [1.165, 1.54) is 19.1 Å². The lowest BCUT2D eigenvalue weighted by Crippen LogP contribution is -2.65. The second kappa shape index (κ2) is 12.1. The first kappa shape index (κ1) is 31.0.